The molecule has 0 amide bonds. The average molecular weight is 618 g/mol. The van der Waals surface area contributed by atoms with Gasteiger partial charge < -0.3 is 20.5 Å². The van der Waals surface area contributed by atoms with E-state index < -0.39 is 0 Å². The first-order valence-corrected chi connectivity index (χ1v) is 10.4. The normalized spacial score (nSPS) is 9.36. The molecule has 0 radical (unpaired) electrons. The molecule has 4 aromatic rings. The van der Waals surface area contributed by atoms with Crippen molar-refractivity contribution in [2.45, 2.75) is 6.54 Å². The Hall–Kier alpha value is -2.94. The second kappa shape index (κ2) is 16.7. The second-order valence-corrected chi connectivity index (χ2v) is 7.05. The first kappa shape index (κ1) is 28.1. The molecular formula is C28H30N4Pt-4. The monoisotopic (exact) mass is 617 g/mol. The van der Waals surface area contributed by atoms with Crippen molar-refractivity contribution in [3.8, 4) is 11.3 Å². The molecule has 0 atom stereocenters. The summed E-state index contributed by atoms with van der Waals surface area (Å²) in [5.74, 6) is 0. The minimum Gasteiger partial charge on any atom is -0.688 e. The van der Waals surface area contributed by atoms with Crippen molar-refractivity contribution in [3.63, 3.8) is 0 Å². The second-order valence-electron chi connectivity index (χ2n) is 7.05. The molecule has 3 aromatic carbocycles. The molecule has 176 valence electrons. The van der Waals surface area contributed by atoms with Crippen LogP contribution in [-0.4, -0.2) is 38.1 Å². The minimum absolute atomic E-state index is 0. The molecule has 0 aliphatic heterocycles. The summed E-state index contributed by atoms with van der Waals surface area (Å²) in [6.07, 6.45) is 1.79. The van der Waals surface area contributed by atoms with Gasteiger partial charge in [-0.2, -0.15) is 41.7 Å². The number of hydrogen-bond donors (Lipinski definition) is 0. The van der Waals surface area contributed by atoms with Crippen LogP contribution in [0.5, 0.6) is 0 Å². The number of nitrogens with zero attached hydrogens (tertiary/aromatic N) is 4. The number of benzene rings is 3. The topological polar surface area (TPSA) is 44.3 Å². The maximum atomic E-state index is 4.22. The SMILES string of the molecule is CN(C)Cc1[c-]cccc1.C[N-]c1ccccc1[N-]C.[Pt].[c-]1ccccc1-c1ccccn1. The number of pyridine rings is 1. The van der Waals surface area contributed by atoms with Gasteiger partial charge in [-0.25, -0.2) is 0 Å². The van der Waals surface area contributed by atoms with Gasteiger partial charge in [-0.05, 0) is 25.9 Å². The third kappa shape index (κ3) is 11.0. The van der Waals surface area contributed by atoms with E-state index in [0.29, 0.717) is 0 Å². The van der Waals surface area contributed by atoms with Crippen LogP contribution in [0.1, 0.15) is 5.56 Å². The van der Waals surface area contributed by atoms with Crippen LogP contribution in [0.25, 0.3) is 21.9 Å². The van der Waals surface area contributed by atoms with Gasteiger partial charge in [-0.15, -0.1) is 55.6 Å². The van der Waals surface area contributed by atoms with E-state index in [4.69, 9.17) is 0 Å². The summed E-state index contributed by atoms with van der Waals surface area (Å²) in [4.78, 5) is 6.35. The fourth-order valence-electron chi connectivity index (χ4n) is 2.79. The minimum atomic E-state index is 0. The van der Waals surface area contributed by atoms with E-state index in [0.717, 1.165) is 29.2 Å². The Balaban J connectivity index is 0.000000246. The molecule has 0 saturated carbocycles. The molecule has 0 spiro atoms. The molecule has 0 unspecified atom stereocenters. The fraction of sp³-hybridized carbons (Fsp3) is 0.179. The molecule has 0 aliphatic carbocycles. The van der Waals surface area contributed by atoms with Crippen LogP contribution < -0.4 is 0 Å². The Kier molecular flexibility index (Phi) is 14.2. The molecule has 0 bridgehead atoms. The number of hydrogen-bond acceptors (Lipinski definition) is 2. The van der Waals surface area contributed by atoms with Crippen molar-refractivity contribution in [1.29, 1.82) is 0 Å². The Bertz CT molecular complexity index is 933. The van der Waals surface area contributed by atoms with Crippen LogP contribution in [0.15, 0.2) is 97.2 Å². The number of aromatic nitrogens is 1. The predicted molar refractivity (Wildman–Crippen MR) is 136 cm³/mol. The molecule has 1 heterocycles. The Morgan fingerprint density at radius 2 is 1.30 bits per heavy atom. The van der Waals surface area contributed by atoms with Crippen molar-refractivity contribution in [2.75, 3.05) is 28.2 Å². The third-order valence-electron chi connectivity index (χ3n) is 4.27. The van der Waals surface area contributed by atoms with Crippen LogP contribution in [0, 0.1) is 12.1 Å². The van der Waals surface area contributed by atoms with Gasteiger partial charge >= 0.3 is 0 Å². The quantitative estimate of drug-likeness (QED) is 0.225. The van der Waals surface area contributed by atoms with Crippen LogP contribution >= 0.6 is 0 Å². The van der Waals surface area contributed by atoms with Crippen LogP contribution in [0.2, 0.25) is 0 Å². The number of para-hydroxylation sites is 2. The third-order valence-corrected chi connectivity index (χ3v) is 4.27. The predicted octanol–water partition coefficient (Wildman–Crippen LogP) is 7.05. The fourth-order valence-corrected chi connectivity index (χ4v) is 2.79. The van der Waals surface area contributed by atoms with E-state index in [9.17, 15) is 0 Å². The van der Waals surface area contributed by atoms with Gasteiger partial charge in [0.25, 0.3) is 0 Å². The molecule has 4 nitrogen and oxygen atoms in total. The van der Waals surface area contributed by atoms with Crippen molar-refractivity contribution in [3.05, 3.63) is 126 Å². The van der Waals surface area contributed by atoms with Crippen LogP contribution in [-0.2, 0) is 27.6 Å². The zero-order valence-electron chi connectivity index (χ0n) is 19.5. The Morgan fingerprint density at radius 3 is 1.76 bits per heavy atom. The summed E-state index contributed by atoms with van der Waals surface area (Å²) in [7, 11) is 7.65. The van der Waals surface area contributed by atoms with E-state index in [1.807, 2.05) is 84.9 Å². The summed E-state index contributed by atoms with van der Waals surface area (Å²) in [5, 5.41) is 8.10. The summed E-state index contributed by atoms with van der Waals surface area (Å²) < 4.78 is 0. The molecule has 0 fully saturated rings. The first-order valence-electron chi connectivity index (χ1n) is 10.4. The smallest absolute Gasteiger partial charge is 0.0160 e. The average Bonchev–Trinajstić information content (AvgIpc) is 2.86. The largest absolute Gasteiger partial charge is 0.688 e. The van der Waals surface area contributed by atoms with Gasteiger partial charge in [0.1, 0.15) is 0 Å². The van der Waals surface area contributed by atoms with Crippen molar-refractivity contribution >= 4 is 11.4 Å². The Morgan fingerprint density at radius 1 is 0.727 bits per heavy atom. The maximum absolute atomic E-state index is 4.22. The molecule has 5 heteroatoms. The van der Waals surface area contributed by atoms with Gasteiger partial charge in [0.05, 0.1) is 0 Å². The van der Waals surface area contributed by atoms with E-state index in [1.165, 1.54) is 5.56 Å². The van der Waals surface area contributed by atoms with E-state index in [-0.39, 0.29) is 21.1 Å². The van der Waals surface area contributed by atoms with E-state index in [1.54, 1.807) is 20.3 Å². The van der Waals surface area contributed by atoms with Gasteiger partial charge in [-0.3, -0.25) is 0 Å². The molecule has 33 heavy (non-hydrogen) atoms. The van der Waals surface area contributed by atoms with Gasteiger partial charge in [0.2, 0.25) is 0 Å². The van der Waals surface area contributed by atoms with Gasteiger partial charge in [0, 0.05) is 33.8 Å². The van der Waals surface area contributed by atoms with Gasteiger partial charge in [0.15, 0.2) is 0 Å². The molecule has 0 N–H and O–H groups in total. The summed E-state index contributed by atoms with van der Waals surface area (Å²) in [5.41, 5.74) is 5.15. The summed E-state index contributed by atoms with van der Waals surface area (Å²) in [6, 6.07) is 35.8. The molecule has 1 aromatic heterocycles. The van der Waals surface area contributed by atoms with Crippen molar-refractivity contribution in [1.82, 2.24) is 9.88 Å². The summed E-state index contributed by atoms with van der Waals surface area (Å²) >= 11 is 0. The number of rotatable bonds is 5. The van der Waals surface area contributed by atoms with Crippen molar-refractivity contribution in [2.24, 2.45) is 0 Å². The molecule has 0 saturated heterocycles. The molecule has 4 rings (SSSR count). The Labute approximate surface area is 213 Å². The van der Waals surface area contributed by atoms with Crippen molar-refractivity contribution < 1.29 is 21.1 Å². The molecule has 0 aliphatic rings. The maximum Gasteiger partial charge on any atom is 0.0160 e. The zero-order valence-corrected chi connectivity index (χ0v) is 21.8. The van der Waals surface area contributed by atoms with Gasteiger partial charge in [-0.1, -0.05) is 36.4 Å². The standard InChI is InChI=1S/C11H8N.C9H12N.C8H10N2.Pt/c1-2-6-10(7-3-1)11-8-4-5-9-12-11;1-10(2)8-9-6-4-3-5-7-9;1-9-7-5-3-4-6-8(7)10-2;/h1-6,8-9H;3-6H,8H2,1-2H3;3-6H,1-2H3;/q2*-1;-2;. The first-order chi connectivity index (χ1) is 15.6. The van der Waals surface area contributed by atoms with Crippen LogP contribution in [0.3, 0.4) is 0 Å². The van der Waals surface area contributed by atoms with E-state index in [2.05, 4.69) is 52.8 Å². The van der Waals surface area contributed by atoms with E-state index >= 15 is 0 Å². The summed E-state index contributed by atoms with van der Waals surface area (Å²) in [6.45, 7) is 0.973. The molecular weight excluding hydrogens is 587 g/mol. The van der Waals surface area contributed by atoms with Crippen LogP contribution in [0.4, 0.5) is 11.4 Å². The zero-order chi connectivity index (χ0) is 23.0.